The molecule has 0 N–H and O–H groups in total. The van der Waals surface area contributed by atoms with E-state index in [0.717, 1.165) is 30.2 Å². The molecule has 3 atom stereocenters. The van der Waals surface area contributed by atoms with Gasteiger partial charge in [-0.05, 0) is 43.6 Å². The summed E-state index contributed by atoms with van der Waals surface area (Å²) in [5, 5.41) is 0. The second-order valence-corrected chi connectivity index (χ2v) is 5.45. The van der Waals surface area contributed by atoms with Crippen molar-refractivity contribution < 1.29 is 9.53 Å². The van der Waals surface area contributed by atoms with Crippen molar-refractivity contribution >= 4 is 5.78 Å². The summed E-state index contributed by atoms with van der Waals surface area (Å²) in [4.78, 5) is 11.6. The number of carbonyl (C=O) groups excluding carboxylic acids is 1. The molecule has 0 bridgehead atoms. The van der Waals surface area contributed by atoms with Crippen LogP contribution in [0, 0.1) is 11.8 Å². The summed E-state index contributed by atoms with van der Waals surface area (Å²) in [6.45, 7) is 4.44. The van der Waals surface area contributed by atoms with Crippen LogP contribution >= 0.6 is 0 Å². The van der Waals surface area contributed by atoms with Gasteiger partial charge in [-0.2, -0.15) is 0 Å². The number of carbonyl (C=O) groups is 1. The van der Waals surface area contributed by atoms with Gasteiger partial charge in [-0.25, -0.2) is 0 Å². The predicted molar refractivity (Wildman–Crippen MR) is 72.2 cm³/mol. The molecule has 2 nitrogen and oxygen atoms in total. The molecule has 0 heterocycles. The zero-order valence-electron chi connectivity index (χ0n) is 11.3. The minimum atomic E-state index is -0.224. The molecule has 1 saturated carbocycles. The van der Waals surface area contributed by atoms with Crippen LogP contribution in [0.1, 0.15) is 38.7 Å². The molecule has 0 radical (unpaired) electrons. The standard InChI is InChI=1S/C16H22O2/c1-12-10-15(12)8-9-16(13(2)17)18-11-14-6-4-3-5-7-14/h3-7,12,15-16H,8-11H2,1-2H3/t12-,15+,16+/m0/s1. The summed E-state index contributed by atoms with van der Waals surface area (Å²) in [5.41, 5.74) is 1.13. The number of hydrogen-bond donors (Lipinski definition) is 0. The van der Waals surface area contributed by atoms with E-state index in [-0.39, 0.29) is 11.9 Å². The van der Waals surface area contributed by atoms with Crippen LogP contribution in [0.3, 0.4) is 0 Å². The van der Waals surface area contributed by atoms with Gasteiger partial charge in [0.25, 0.3) is 0 Å². The van der Waals surface area contributed by atoms with Crippen LogP contribution in [0.5, 0.6) is 0 Å². The van der Waals surface area contributed by atoms with Gasteiger partial charge in [0.2, 0.25) is 0 Å². The van der Waals surface area contributed by atoms with Crippen molar-refractivity contribution in [2.24, 2.45) is 11.8 Å². The SMILES string of the molecule is CC(=O)[C@@H](CC[C@@H]1C[C@@H]1C)OCc1ccccc1. The van der Waals surface area contributed by atoms with Gasteiger partial charge in [0.1, 0.15) is 6.10 Å². The van der Waals surface area contributed by atoms with Crippen molar-refractivity contribution in [3.8, 4) is 0 Å². The Balaban J connectivity index is 1.77. The largest absolute Gasteiger partial charge is 0.366 e. The van der Waals surface area contributed by atoms with E-state index < -0.39 is 0 Å². The summed E-state index contributed by atoms with van der Waals surface area (Å²) in [7, 11) is 0. The average Bonchev–Trinajstić information content (AvgIpc) is 3.06. The second-order valence-electron chi connectivity index (χ2n) is 5.45. The maximum Gasteiger partial charge on any atom is 0.158 e. The number of hydrogen-bond acceptors (Lipinski definition) is 2. The first-order valence-corrected chi connectivity index (χ1v) is 6.83. The molecule has 1 aromatic carbocycles. The minimum absolute atomic E-state index is 0.152. The van der Waals surface area contributed by atoms with Crippen molar-refractivity contribution in [2.45, 2.75) is 45.8 Å². The van der Waals surface area contributed by atoms with Crippen molar-refractivity contribution in [1.82, 2.24) is 0 Å². The van der Waals surface area contributed by atoms with Crippen LogP contribution in [-0.2, 0) is 16.1 Å². The van der Waals surface area contributed by atoms with Crippen LogP contribution in [0.2, 0.25) is 0 Å². The van der Waals surface area contributed by atoms with Crippen LogP contribution < -0.4 is 0 Å². The first-order chi connectivity index (χ1) is 8.66. The van der Waals surface area contributed by atoms with Crippen molar-refractivity contribution in [2.75, 3.05) is 0 Å². The Bertz CT molecular complexity index is 385. The lowest BCUT2D eigenvalue weighted by molar-refractivity contribution is -0.129. The molecule has 2 heteroatoms. The number of rotatable bonds is 7. The van der Waals surface area contributed by atoms with E-state index in [4.69, 9.17) is 4.74 Å². The van der Waals surface area contributed by atoms with Gasteiger partial charge >= 0.3 is 0 Å². The Morgan fingerprint density at radius 2 is 2.06 bits per heavy atom. The topological polar surface area (TPSA) is 26.3 Å². The van der Waals surface area contributed by atoms with Gasteiger partial charge in [-0.15, -0.1) is 0 Å². The fourth-order valence-corrected chi connectivity index (χ4v) is 2.34. The number of ketones is 1. The van der Waals surface area contributed by atoms with E-state index in [1.165, 1.54) is 6.42 Å². The van der Waals surface area contributed by atoms with E-state index in [1.807, 2.05) is 30.3 Å². The molecule has 18 heavy (non-hydrogen) atoms. The fourth-order valence-electron chi connectivity index (χ4n) is 2.34. The van der Waals surface area contributed by atoms with Crippen LogP contribution in [0.25, 0.3) is 0 Å². The van der Waals surface area contributed by atoms with Gasteiger partial charge in [0.05, 0.1) is 6.61 Å². The lowest BCUT2D eigenvalue weighted by Gasteiger charge is -2.15. The minimum Gasteiger partial charge on any atom is -0.366 e. The fraction of sp³-hybridized carbons (Fsp3) is 0.562. The van der Waals surface area contributed by atoms with Crippen LogP contribution in [0.4, 0.5) is 0 Å². The third-order valence-corrected chi connectivity index (χ3v) is 3.82. The Labute approximate surface area is 109 Å². The highest BCUT2D eigenvalue weighted by Crippen LogP contribution is 2.41. The molecule has 2 rings (SSSR count). The molecule has 0 unspecified atom stereocenters. The Morgan fingerprint density at radius 3 is 2.61 bits per heavy atom. The van der Waals surface area contributed by atoms with Gasteiger partial charge in [-0.3, -0.25) is 4.79 Å². The number of ether oxygens (including phenoxy) is 1. The normalized spacial score (nSPS) is 23.7. The van der Waals surface area contributed by atoms with E-state index >= 15 is 0 Å². The molecule has 1 fully saturated rings. The zero-order chi connectivity index (χ0) is 13.0. The van der Waals surface area contributed by atoms with Gasteiger partial charge in [-0.1, -0.05) is 37.3 Å². The maximum absolute atomic E-state index is 11.6. The quantitative estimate of drug-likeness (QED) is 0.735. The molecular formula is C16H22O2. The molecule has 0 aliphatic heterocycles. The number of Topliss-reactive ketones (excluding diaryl/α,β-unsaturated/α-hetero) is 1. The third kappa shape index (κ3) is 3.95. The monoisotopic (exact) mass is 246 g/mol. The van der Waals surface area contributed by atoms with E-state index in [9.17, 15) is 4.79 Å². The molecule has 1 aliphatic carbocycles. The zero-order valence-corrected chi connectivity index (χ0v) is 11.3. The summed E-state index contributed by atoms with van der Waals surface area (Å²) < 4.78 is 5.75. The van der Waals surface area contributed by atoms with E-state index in [2.05, 4.69) is 6.92 Å². The van der Waals surface area contributed by atoms with Gasteiger partial charge in [0.15, 0.2) is 5.78 Å². The predicted octanol–water partition coefficient (Wildman–Crippen LogP) is 3.60. The van der Waals surface area contributed by atoms with Crippen molar-refractivity contribution in [3.05, 3.63) is 35.9 Å². The Hall–Kier alpha value is -1.15. The summed E-state index contributed by atoms with van der Waals surface area (Å²) >= 11 is 0. The van der Waals surface area contributed by atoms with Gasteiger partial charge < -0.3 is 4.74 Å². The van der Waals surface area contributed by atoms with Crippen LogP contribution in [0.15, 0.2) is 30.3 Å². The molecule has 98 valence electrons. The first-order valence-electron chi connectivity index (χ1n) is 6.83. The molecule has 1 aromatic rings. The molecule has 0 aromatic heterocycles. The summed E-state index contributed by atoms with van der Waals surface area (Å²) in [5.74, 6) is 1.83. The van der Waals surface area contributed by atoms with E-state index in [0.29, 0.717) is 6.61 Å². The summed E-state index contributed by atoms with van der Waals surface area (Å²) in [6, 6.07) is 10.0. The van der Waals surface area contributed by atoms with Gasteiger partial charge in [0, 0.05) is 0 Å². The van der Waals surface area contributed by atoms with Crippen LogP contribution in [-0.4, -0.2) is 11.9 Å². The molecule has 1 aliphatic rings. The lowest BCUT2D eigenvalue weighted by Crippen LogP contribution is -2.21. The molecule has 0 spiro atoms. The maximum atomic E-state index is 11.6. The third-order valence-electron chi connectivity index (χ3n) is 3.82. The smallest absolute Gasteiger partial charge is 0.158 e. The molecule has 0 saturated heterocycles. The van der Waals surface area contributed by atoms with Crippen molar-refractivity contribution in [3.63, 3.8) is 0 Å². The van der Waals surface area contributed by atoms with Crippen molar-refractivity contribution in [1.29, 1.82) is 0 Å². The average molecular weight is 246 g/mol. The highest BCUT2D eigenvalue weighted by atomic mass is 16.5. The highest BCUT2D eigenvalue weighted by Gasteiger charge is 2.33. The Morgan fingerprint density at radius 1 is 1.39 bits per heavy atom. The molecule has 0 amide bonds. The summed E-state index contributed by atoms with van der Waals surface area (Å²) in [6.07, 6.45) is 3.10. The van der Waals surface area contributed by atoms with E-state index in [1.54, 1.807) is 6.92 Å². The first kappa shape index (κ1) is 13.3. The lowest BCUT2D eigenvalue weighted by atomic mass is 10.1. The molecular weight excluding hydrogens is 224 g/mol. The second kappa shape index (κ2) is 6.14. The Kier molecular flexibility index (Phi) is 4.54. The number of benzene rings is 1. The highest BCUT2D eigenvalue weighted by molar-refractivity contribution is 5.80.